The molecule has 2 saturated carbocycles. The van der Waals surface area contributed by atoms with Crippen molar-refractivity contribution >= 4 is 0 Å². The number of halogens is 2. The Morgan fingerprint density at radius 3 is 2.07 bits per heavy atom. The van der Waals surface area contributed by atoms with Crippen molar-refractivity contribution in [2.24, 2.45) is 17.8 Å². The van der Waals surface area contributed by atoms with Crippen molar-refractivity contribution in [2.75, 3.05) is 0 Å². The van der Waals surface area contributed by atoms with E-state index in [1.807, 2.05) is 0 Å². The van der Waals surface area contributed by atoms with Crippen molar-refractivity contribution in [3.05, 3.63) is 29.6 Å². The van der Waals surface area contributed by atoms with Crippen LogP contribution in [-0.4, -0.2) is 4.98 Å². The van der Waals surface area contributed by atoms with E-state index in [9.17, 15) is 8.78 Å². The summed E-state index contributed by atoms with van der Waals surface area (Å²) < 4.78 is 26.5. The van der Waals surface area contributed by atoms with Crippen LogP contribution in [0.3, 0.4) is 0 Å². The van der Waals surface area contributed by atoms with Gasteiger partial charge in [-0.1, -0.05) is 64.7 Å². The molecular weight excluding hydrogens is 352 g/mol. The minimum Gasteiger partial charge on any atom is -0.225 e. The molecule has 1 nitrogen and oxygen atoms in total. The number of aromatic nitrogens is 1. The van der Waals surface area contributed by atoms with Gasteiger partial charge in [-0.05, 0) is 73.8 Å². The van der Waals surface area contributed by atoms with E-state index in [0.717, 1.165) is 36.2 Å². The maximum absolute atomic E-state index is 13.5. The molecule has 2 aliphatic rings. The van der Waals surface area contributed by atoms with Gasteiger partial charge in [0.2, 0.25) is 5.95 Å². The molecule has 1 heterocycles. The summed E-state index contributed by atoms with van der Waals surface area (Å²) in [5.74, 6) is 1.32. The van der Waals surface area contributed by atoms with E-state index in [1.165, 1.54) is 95.7 Å². The molecule has 3 heteroatoms. The lowest BCUT2D eigenvalue weighted by Crippen LogP contribution is -2.25. The van der Waals surface area contributed by atoms with Gasteiger partial charge in [-0.3, -0.25) is 0 Å². The zero-order valence-corrected chi connectivity index (χ0v) is 17.8. The molecule has 0 unspecified atom stereocenters. The number of hydrogen-bond acceptors (Lipinski definition) is 1. The first-order valence-corrected chi connectivity index (χ1v) is 12.0. The van der Waals surface area contributed by atoms with E-state index in [1.54, 1.807) is 0 Å². The highest BCUT2D eigenvalue weighted by molar-refractivity contribution is 5.17. The second-order valence-electron chi connectivity index (χ2n) is 9.49. The SMILES string of the molecule is CCCCCCCCC1CCC(C2CCC(c3cnc(F)c(F)c3)CC2)CC1. The largest absolute Gasteiger partial charge is 0.248 e. The molecule has 28 heavy (non-hydrogen) atoms. The Bertz CT molecular complexity index is 572. The molecular formula is C25H39F2N. The first kappa shape index (κ1) is 21.7. The van der Waals surface area contributed by atoms with E-state index in [-0.39, 0.29) is 0 Å². The molecule has 0 saturated heterocycles. The Morgan fingerprint density at radius 1 is 0.821 bits per heavy atom. The van der Waals surface area contributed by atoms with Crippen molar-refractivity contribution in [3.63, 3.8) is 0 Å². The normalized spacial score (nSPS) is 28.4. The van der Waals surface area contributed by atoms with E-state index in [4.69, 9.17) is 0 Å². The molecule has 158 valence electrons. The fraction of sp³-hybridized carbons (Fsp3) is 0.800. The maximum atomic E-state index is 13.5. The minimum absolute atomic E-state index is 0.364. The Hall–Kier alpha value is -0.990. The van der Waals surface area contributed by atoms with Gasteiger partial charge in [0.05, 0.1) is 0 Å². The van der Waals surface area contributed by atoms with Gasteiger partial charge in [-0.25, -0.2) is 9.37 Å². The summed E-state index contributed by atoms with van der Waals surface area (Å²) in [5, 5.41) is 0. The lowest BCUT2D eigenvalue weighted by molar-refractivity contribution is 0.155. The van der Waals surface area contributed by atoms with Gasteiger partial charge < -0.3 is 0 Å². The number of pyridine rings is 1. The second-order valence-corrected chi connectivity index (χ2v) is 9.49. The van der Waals surface area contributed by atoms with Crippen molar-refractivity contribution in [1.82, 2.24) is 4.98 Å². The Balaban J connectivity index is 1.33. The first-order chi connectivity index (χ1) is 13.7. The van der Waals surface area contributed by atoms with Gasteiger partial charge in [0.1, 0.15) is 0 Å². The number of hydrogen-bond donors (Lipinski definition) is 0. The molecule has 0 radical (unpaired) electrons. The molecule has 0 N–H and O–H groups in total. The maximum Gasteiger partial charge on any atom is 0.248 e. The van der Waals surface area contributed by atoms with E-state index < -0.39 is 11.8 Å². The summed E-state index contributed by atoms with van der Waals surface area (Å²) in [7, 11) is 0. The van der Waals surface area contributed by atoms with Crippen LogP contribution in [0.2, 0.25) is 0 Å². The molecule has 0 aliphatic heterocycles. The summed E-state index contributed by atoms with van der Waals surface area (Å²) in [6, 6.07) is 1.36. The number of nitrogens with zero attached hydrogens (tertiary/aromatic N) is 1. The summed E-state index contributed by atoms with van der Waals surface area (Å²) >= 11 is 0. The average molecular weight is 392 g/mol. The van der Waals surface area contributed by atoms with Crippen molar-refractivity contribution in [1.29, 1.82) is 0 Å². The van der Waals surface area contributed by atoms with Crippen LogP contribution in [-0.2, 0) is 0 Å². The molecule has 0 bridgehead atoms. The second kappa shape index (κ2) is 11.3. The standard InChI is InChI=1S/C25H39F2N/c1-2-3-4-5-6-7-8-19-9-11-20(12-10-19)21-13-15-22(16-14-21)23-17-24(26)25(27)28-18-23/h17-22H,2-16H2,1H3. The van der Waals surface area contributed by atoms with Gasteiger partial charge in [0.25, 0.3) is 0 Å². The van der Waals surface area contributed by atoms with E-state index >= 15 is 0 Å². The van der Waals surface area contributed by atoms with Gasteiger partial charge in [0, 0.05) is 6.20 Å². The molecule has 3 rings (SSSR count). The Labute approximate surface area is 170 Å². The molecule has 0 atom stereocenters. The lowest BCUT2D eigenvalue weighted by Gasteiger charge is -2.38. The quantitative estimate of drug-likeness (QED) is 0.305. The highest BCUT2D eigenvalue weighted by Gasteiger charge is 2.31. The minimum atomic E-state index is -0.977. The van der Waals surface area contributed by atoms with Crippen molar-refractivity contribution in [2.45, 2.75) is 109 Å². The monoisotopic (exact) mass is 391 g/mol. The van der Waals surface area contributed by atoms with Gasteiger partial charge in [-0.2, -0.15) is 4.39 Å². The molecule has 2 aliphatic carbocycles. The highest BCUT2D eigenvalue weighted by Crippen LogP contribution is 2.44. The zero-order chi connectivity index (χ0) is 19.8. The molecule has 0 amide bonds. The summed E-state index contributed by atoms with van der Waals surface area (Å²) in [4.78, 5) is 3.57. The Morgan fingerprint density at radius 2 is 1.43 bits per heavy atom. The number of rotatable bonds is 9. The van der Waals surface area contributed by atoms with Crippen LogP contribution in [0.15, 0.2) is 12.3 Å². The summed E-state index contributed by atoms with van der Waals surface area (Å²) in [6.45, 7) is 2.28. The van der Waals surface area contributed by atoms with E-state index in [2.05, 4.69) is 11.9 Å². The van der Waals surface area contributed by atoms with E-state index in [0.29, 0.717) is 5.92 Å². The molecule has 1 aromatic heterocycles. The van der Waals surface area contributed by atoms with Crippen LogP contribution < -0.4 is 0 Å². The number of unbranched alkanes of at least 4 members (excludes halogenated alkanes) is 5. The zero-order valence-electron chi connectivity index (χ0n) is 17.8. The Kier molecular flexibility index (Phi) is 8.73. The van der Waals surface area contributed by atoms with Crippen LogP contribution in [0.25, 0.3) is 0 Å². The molecule has 0 aromatic carbocycles. The van der Waals surface area contributed by atoms with Crippen LogP contribution in [0.1, 0.15) is 115 Å². The van der Waals surface area contributed by atoms with Crippen LogP contribution in [0.4, 0.5) is 8.78 Å². The molecule has 1 aromatic rings. The van der Waals surface area contributed by atoms with Crippen molar-refractivity contribution in [3.8, 4) is 0 Å². The molecule has 2 fully saturated rings. The van der Waals surface area contributed by atoms with Crippen LogP contribution >= 0.6 is 0 Å². The predicted octanol–water partition coefficient (Wildman–Crippen LogP) is 8.19. The average Bonchev–Trinajstić information content (AvgIpc) is 2.73. The topological polar surface area (TPSA) is 12.9 Å². The third-order valence-corrected chi connectivity index (χ3v) is 7.58. The predicted molar refractivity (Wildman–Crippen MR) is 112 cm³/mol. The molecule has 0 spiro atoms. The third-order valence-electron chi connectivity index (χ3n) is 7.58. The fourth-order valence-electron chi connectivity index (χ4n) is 5.74. The first-order valence-electron chi connectivity index (χ1n) is 12.0. The van der Waals surface area contributed by atoms with Crippen LogP contribution in [0, 0.1) is 29.5 Å². The lowest BCUT2D eigenvalue weighted by atomic mass is 9.68. The van der Waals surface area contributed by atoms with Gasteiger partial charge in [-0.15, -0.1) is 0 Å². The van der Waals surface area contributed by atoms with Crippen molar-refractivity contribution < 1.29 is 8.78 Å². The highest BCUT2D eigenvalue weighted by atomic mass is 19.2. The smallest absolute Gasteiger partial charge is 0.225 e. The van der Waals surface area contributed by atoms with Gasteiger partial charge in [0.15, 0.2) is 5.82 Å². The third kappa shape index (κ3) is 6.26. The fourth-order valence-corrected chi connectivity index (χ4v) is 5.74. The van der Waals surface area contributed by atoms with Crippen LogP contribution in [0.5, 0.6) is 0 Å². The summed E-state index contributed by atoms with van der Waals surface area (Å²) in [6.07, 6.45) is 21.9. The van der Waals surface area contributed by atoms with Gasteiger partial charge >= 0.3 is 0 Å². The summed E-state index contributed by atoms with van der Waals surface area (Å²) in [5.41, 5.74) is 0.889.